The number of alkyl halides is 2. The van der Waals surface area contributed by atoms with Gasteiger partial charge in [-0.1, -0.05) is 25.3 Å². The van der Waals surface area contributed by atoms with Crippen LogP contribution in [-0.2, 0) is 6.54 Å². The van der Waals surface area contributed by atoms with E-state index in [0.29, 0.717) is 31.9 Å². The lowest BCUT2D eigenvalue weighted by atomic mass is 9.74. The molecule has 0 spiro atoms. The van der Waals surface area contributed by atoms with Gasteiger partial charge in [-0.15, -0.1) is 0 Å². The van der Waals surface area contributed by atoms with Gasteiger partial charge in [-0.2, -0.15) is 4.40 Å². The molecule has 2 aliphatic rings. The Morgan fingerprint density at radius 1 is 1.17 bits per heavy atom. The predicted molar refractivity (Wildman–Crippen MR) is 108 cm³/mol. The minimum absolute atomic E-state index is 0.0817. The Balaban J connectivity index is 1.49. The minimum Gasteiger partial charge on any atom is -0.396 e. The van der Waals surface area contributed by atoms with Crippen LogP contribution in [0.3, 0.4) is 0 Å². The lowest BCUT2D eigenvalue weighted by molar-refractivity contribution is -0.523. The molecule has 8 heteroatoms. The number of amides is 1. The summed E-state index contributed by atoms with van der Waals surface area (Å²) in [6.07, 6.45) is 6.81. The molecular formula is C22H31F2N4O2+. The first-order chi connectivity index (χ1) is 14.4. The number of aromatic amines is 1. The molecule has 1 saturated heterocycles. The van der Waals surface area contributed by atoms with Gasteiger partial charge in [0.2, 0.25) is 5.69 Å². The predicted octanol–water partition coefficient (Wildman–Crippen LogP) is 2.66. The van der Waals surface area contributed by atoms with E-state index in [-0.39, 0.29) is 30.8 Å². The van der Waals surface area contributed by atoms with Crippen molar-refractivity contribution in [1.82, 2.24) is 15.2 Å². The molecule has 1 aliphatic carbocycles. The van der Waals surface area contributed by atoms with E-state index in [1.807, 2.05) is 33.7 Å². The first-order valence-corrected chi connectivity index (χ1v) is 10.9. The molecule has 30 heavy (non-hydrogen) atoms. The van der Waals surface area contributed by atoms with Crippen LogP contribution >= 0.6 is 0 Å². The normalized spacial score (nSPS) is 21.6. The third-order valence-corrected chi connectivity index (χ3v) is 6.74. The lowest BCUT2D eigenvalue weighted by Gasteiger charge is -2.35. The van der Waals surface area contributed by atoms with E-state index in [2.05, 4.69) is 10.3 Å². The van der Waals surface area contributed by atoms with E-state index in [9.17, 15) is 18.7 Å². The molecule has 0 unspecified atom stereocenters. The van der Waals surface area contributed by atoms with Gasteiger partial charge < -0.3 is 10.4 Å². The van der Waals surface area contributed by atoms with Crippen molar-refractivity contribution < 1.29 is 23.1 Å². The number of nitrogens with zero attached hydrogens (tertiary/aromatic N) is 2. The number of hydrogen-bond donors (Lipinski definition) is 3. The van der Waals surface area contributed by atoms with Gasteiger partial charge in [-0.05, 0) is 25.0 Å². The number of aromatic nitrogens is 2. The summed E-state index contributed by atoms with van der Waals surface area (Å²) < 4.78 is 28.9. The van der Waals surface area contributed by atoms with E-state index in [4.69, 9.17) is 0 Å². The monoisotopic (exact) mass is 421 g/mol. The van der Waals surface area contributed by atoms with E-state index in [1.54, 1.807) is 0 Å². The van der Waals surface area contributed by atoms with Crippen molar-refractivity contribution in [3.8, 4) is 0 Å². The maximum absolute atomic E-state index is 13.5. The first kappa shape index (κ1) is 21.2. The minimum atomic E-state index is -2.58. The summed E-state index contributed by atoms with van der Waals surface area (Å²) in [6.45, 7) is 1.69. The van der Waals surface area contributed by atoms with Crippen LogP contribution in [0.25, 0.3) is 5.52 Å². The van der Waals surface area contributed by atoms with Gasteiger partial charge in [-0.25, -0.2) is 13.8 Å². The number of likely N-dealkylation sites (tertiary alicyclic amines) is 1. The van der Waals surface area contributed by atoms with Crippen molar-refractivity contribution in [2.24, 2.45) is 5.41 Å². The van der Waals surface area contributed by atoms with Gasteiger partial charge >= 0.3 is 0 Å². The Morgan fingerprint density at radius 2 is 1.90 bits per heavy atom. The highest BCUT2D eigenvalue weighted by Crippen LogP contribution is 2.35. The highest BCUT2D eigenvalue weighted by atomic mass is 19.3. The molecule has 4 rings (SSSR count). The van der Waals surface area contributed by atoms with Crippen LogP contribution in [0.4, 0.5) is 8.78 Å². The molecule has 1 aliphatic heterocycles. The third kappa shape index (κ3) is 4.49. The van der Waals surface area contributed by atoms with Gasteiger partial charge in [0.15, 0.2) is 5.52 Å². The Bertz CT molecular complexity index is 882. The van der Waals surface area contributed by atoms with E-state index in [0.717, 1.165) is 37.0 Å². The summed E-state index contributed by atoms with van der Waals surface area (Å²) in [5.74, 6) is -1.97. The zero-order valence-electron chi connectivity index (χ0n) is 17.3. The Kier molecular flexibility index (Phi) is 6.06. The molecule has 2 aromatic rings. The summed E-state index contributed by atoms with van der Waals surface area (Å²) in [6, 6.07) is 5.64. The van der Waals surface area contributed by atoms with Crippen LogP contribution in [0.2, 0.25) is 0 Å². The molecular weight excluding hydrogens is 390 g/mol. The van der Waals surface area contributed by atoms with Gasteiger partial charge in [0.1, 0.15) is 6.54 Å². The van der Waals surface area contributed by atoms with Gasteiger partial charge in [-0.3, -0.25) is 9.69 Å². The van der Waals surface area contributed by atoms with Gasteiger partial charge in [0.25, 0.3) is 17.7 Å². The summed E-state index contributed by atoms with van der Waals surface area (Å²) in [5, 5.41) is 12.9. The van der Waals surface area contributed by atoms with E-state index < -0.39 is 5.92 Å². The first-order valence-electron chi connectivity index (χ1n) is 10.9. The number of piperidine rings is 1. The van der Waals surface area contributed by atoms with Crippen LogP contribution in [0.1, 0.15) is 61.3 Å². The fourth-order valence-corrected chi connectivity index (χ4v) is 4.74. The number of carbonyl (C=O) groups excluding carboxylic acids is 1. The van der Waals surface area contributed by atoms with Crippen molar-refractivity contribution in [2.75, 3.05) is 26.2 Å². The number of aliphatic hydroxyl groups excluding tert-OH is 1. The number of hydrogen-bond acceptors (Lipinski definition) is 3. The smallest absolute Gasteiger partial charge is 0.295 e. The lowest BCUT2D eigenvalue weighted by Crippen LogP contribution is -2.41. The molecule has 0 radical (unpaired) electrons. The number of carbonyl (C=O) groups is 1. The second-order valence-electron chi connectivity index (χ2n) is 8.94. The quantitative estimate of drug-likeness (QED) is 0.628. The number of imidazole rings is 1. The Morgan fingerprint density at radius 3 is 2.60 bits per heavy atom. The second kappa shape index (κ2) is 8.59. The summed E-state index contributed by atoms with van der Waals surface area (Å²) in [4.78, 5) is 18.2. The van der Waals surface area contributed by atoms with E-state index in [1.165, 1.54) is 6.42 Å². The summed E-state index contributed by atoms with van der Waals surface area (Å²) >= 11 is 0. The highest BCUT2D eigenvalue weighted by Gasteiger charge is 2.36. The number of nitrogens with one attached hydrogen (secondary N) is 2. The average Bonchev–Trinajstić information content (AvgIpc) is 3.13. The third-order valence-electron chi connectivity index (χ3n) is 6.74. The number of halogens is 2. The number of pyridine rings is 1. The van der Waals surface area contributed by atoms with E-state index >= 15 is 0 Å². The maximum atomic E-state index is 13.5. The molecule has 1 amide bonds. The Hall–Kier alpha value is -2.06. The topological polar surface area (TPSA) is 72.5 Å². The molecule has 6 nitrogen and oxygen atoms in total. The molecule has 0 atom stereocenters. The molecule has 3 heterocycles. The van der Waals surface area contributed by atoms with Crippen molar-refractivity contribution in [2.45, 2.75) is 57.4 Å². The average molecular weight is 422 g/mol. The fourth-order valence-electron chi connectivity index (χ4n) is 4.74. The standard InChI is InChI=1S/C22H30F2N4O2/c23-22(24)9-12-27(13-10-22)14-18-26-19(17-6-2-5-11-28(17)18)20(30)25-15-21(16-29)7-3-1-4-8-21/h2,5-6,11,29H,1,3-4,7-10,12-16H2,(H,25,30)/p+1. The summed E-state index contributed by atoms with van der Waals surface area (Å²) in [5.41, 5.74) is 0.997. The van der Waals surface area contributed by atoms with Gasteiger partial charge in [0.05, 0.1) is 12.8 Å². The molecule has 2 aromatic heterocycles. The van der Waals surface area contributed by atoms with Crippen molar-refractivity contribution in [3.05, 3.63) is 35.9 Å². The zero-order chi connectivity index (χ0) is 21.2. The van der Waals surface area contributed by atoms with Crippen LogP contribution in [0, 0.1) is 5.41 Å². The van der Waals surface area contributed by atoms with Crippen LogP contribution in [-0.4, -0.2) is 53.1 Å². The zero-order valence-corrected chi connectivity index (χ0v) is 17.3. The Labute approximate surface area is 175 Å². The number of rotatable bonds is 6. The SMILES string of the molecule is O=C(NCC1(CO)CCCCC1)c1[nH]c(CN2CCC(F)(F)CC2)[n+]2ccccc12. The summed E-state index contributed by atoms with van der Waals surface area (Å²) in [7, 11) is 0. The molecule has 164 valence electrons. The van der Waals surface area contributed by atoms with Crippen molar-refractivity contribution in [3.63, 3.8) is 0 Å². The molecule has 0 bridgehead atoms. The maximum Gasteiger partial charge on any atom is 0.295 e. The van der Waals surface area contributed by atoms with Crippen molar-refractivity contribution in [1.29, 1.82) is 0 Å². The van der Waals surface area contributed by atoms with Crippen molar-refractivity contribution >= 4 is 11.4 Å². The largest absolute Gasteiger partial charge is 0.396 e. The molecule has 0 aromatic carbocycles. The highest BCUT2D eigenvalue weighted by molar-refractivity contribution is 5.97. The number of fused-ring (bicyclic) bond motifs is 1. The van der Waals surface area contributed by atoms with Crippen LogP contribution in [0.15, 0.2) is 24.4 Å². The second-order valence-corrected chi connectivity index (χ2v) is 8.94. The van der Waals surface area contributed by atoms with Gasteiger partial charge in [0, 0.05) is 37.9 Å². The van der Waals surface area contributed by atoms with Crippen LogP contribution < -0.4 is 9.72 Å². The molecule has 1 saturated carbocycles. The number of H-pyrrole nitrogens is 1. The molecule has 3 N–H and O–H groups in total. The molecule has 2 fully saturated rings. The number of aliphatic hydroxyl groups is 1. The fraction of sp³-hybridized carbons (Fsp3) is 0.636. The van der Waals surface area contributed by atoms with Crippen LogP contribution in [0.5, 0.6) is 0 Å².